The Morgan fingerprint density at radius 1 is 1.42 bits per heavy atom. The monoisotopic (exact) mass is 265 g/mol. The molecule has 19 heavy (non-hydrogen) atoms. The Kier molecular flexibility index (Phi) is 3.46. The van der Waals surface area contributed by atoms with Crippen LogP contribution in [0.5, 0.6) is 0 Å². The van der Waals surface area contributed by atoms with E-state index < -0.39 is 17.9 Å². The zero-order chi connectivity index (χ0) is 14.2. The number of hydrogen-bond donors (Lipinski definition) is 4. The van der Waals surface area contributed by atoms with Gasteiger partial charge in [0, 0.05) is 5.92 Å². The molecule has 6 N–H and O–H groups in total. The van der Waals surface area contributed by atoms with E-state index in [-0.39, 0.29) is 11.6 Å². The summed E-state index contributed by atoms with van der Waals surface area (Å²) >= 11 is 0. The number of carbonyl (C=O) groups excluding carboxylic acids is 2. The van der Waals surface area contributed by atoms with E-state index in [9.17, 15) is 9.59 Å². The number of rotatable bonds is 5. The molecule has 0 aromatic carbocycles. The number of aromatic nitrogens is 2. The Morgan fingerprint density at radius 3 is 2.53 bits per heavy atom. The van der Waals surface area contributed by atoms with Gasteiger partial charge in [-0.25, -0.2) is 0 Å². The van der Waals surface area contributed by atoms with Crippen LogP contribution in [-0.2, 0) is 4.79 Å². The zero-order valence-electron chi connectivity index (χ0n) is 11.1. The summed E-state index contributed by atoms with van der Waals surface area (Å²) in [6, 6.07) is -0.729. The van der Waals surface area contributed by atoms with Crippen LogP contribution in [-0.4, -0.2) is 28.1 Å². The van der Waals surface area contributed by atoms with Crippen LogP contribution in [0.15, 0.2) is 0 Å². The van der Waals surface area contributed by atoms with Gasteiger partial charge in [-0.15, -0.1) is 0 Å². The SMILES string of the molecule is CC(C)C(NC(=O)c1n[nH]c(C2CC2)c1N)C(N)=O. The van der Waals surface area contributed by atoms with Crippen molar-refractivity contribution < 1.29 is 9.59 Å². The molecule has 0 radical (unpaired) electrons. The van der Waals surface area contributed by atoms with Crippen LogP contribution in [0.3, 0.4) is 0 Å². The van der Waals surface area contributed by atoms with Crippen LogP contribution in [0.1, 0.15) is 48.8 Å². The molecular formula is C12H19N5O2. The summed E-state index contributed by atoms with van der Waals surface area (Å²) in [6.07, 6.45) is 2.12. The van der Waals surface area contributed by atoms with E-state index in [4.69, 9.17) is 11.5 Å². The highest BCUT2D eigenvalue weighted by Crippen LogP contribution is 2.42. The molecule has 0 bridgehead atoms. The van der Waals surface area contributed by atoms with E-state index in [1.165, 1.54) is 0 Å². The summed E-state index contributed by atoms with van der Waals surface area (Å²) in [4.78, 5) is 23.3. The molecule has 0 spiro atoms. The summed E-state index contributed by atoms with van der Waals surface area (Å²) < 4.78 is 0. The molecule has 1 fully saturated rings. The first kappa shape index (κ1) is 13.4. The Labute approximate surface area is 111 Å². The van der Waals surface area contributed by atoms with Crippen molar-refractivity contribution in [2.24, 2.45) is 11.7 Å². The Morgan fingerprint density at radius 2 is 2.05 bits per heavy atom. The van der Waals surface area contributed by atoms with Crippen LogP contribution in [0.4, 0.5) is 5.69 Å². The molecule has 104 valence electrons. The van der Waals surface area contributed by atoms with Gasteiger partial charge in [0.1, 0.15) is 6.04 Å². The smallest absolute Gasteiger partial charge is 0.274 e. The van der Waals surface area contributed by atoms with E-state index in [1.54, 1.807) is 13.8 Å². The minimum Gasteiger partial charge on any atom is -0.395 e. The lowest BCUT2D eigenvalue weighted by Gasteiger charge is -2.18. The highest BCUT2D eigenvalue weighted by Gasteiger charge is 2.31. The second-order valence-electron chi connectivity index (χ2n) is 5.27. The van der Waals surface area contributed by atoms with Gasteiger partial charge in [-0.1, -0.05) is 13.8 Å². The van der Waals surface area contributed by atoms with E-state index in [0.29, 0.717) is 11.6 Å². The van der Waals surface area contributed by atoms with Crippen LogP contribution < -0.4 is 16.8 Å². The van der Waals surface area contributed by atoms with Gasteiger partial charge >= 0.3 is 0 Å². The maximum absolute atomic E-state index is 12.1. The van der Waals surface area contributed by atoms with Crippen molar-refractivity contribution in [3.8, 4) is 0 Å². The molecule has 1 aliphatic rings. The number of nitrogen functional groups attached to an aromatic ring is 1. The number of carbonyl (C=O) groups is 2. The van der Waals surface area contributed by atoms with Gasteiger partial charge < -0.3 is 16.8 Å². The molecule has 1 aliphatic carbocycles. The predicted octanol–water partition coefficient (Wildman–Crippen LogP) is 0.109. The minimum atomic E-state index is -0.729. The molecule has 1 atom stereocenters. The van der Waals surface area contributed by atoms with Crippen LogP contribution in [0.25, 0.3) is 0 Å². The molecule has 1 aromatic rings. The van der Waals surface area contributed by atoms with Gasteiger partial charge in [-0.05, 0) is 18.8 Å². The molecule has 1 aromatic heterocycles. The van der Waals surface area contributed by atoms with Crippen molar-refractivity contribution >= 4 is 17.5 Å². The summed E-state index contributed by atoms with van der Waals surface area (Å²) in [5.41, 5.74) is 12.5. The van der Waals surface area contributed by atoms with Crippen molar-refractivity contribution in [1.29, 1.82) is 0 Å². The summed E-state index contributed by atoms with van der Waals surface area (Å²) in [7, 11) is 0. The highest BCUT2D eigenvalue weighted by molar-refractivity contribution is 6.00. The lowest BCUT2D eigenvalue weighted by atomic mass is 10.0. The molecule has 1 heterocycles. The minimum absolute atomic E-state index is 0.0930. The van der Waals surface area contributed by atoms with Gasteiger partial charge in [-0.2, -0.15) is 5.10 Å². The fourth-order valence-electron chi connectivity index (χ4n) is 2.00. The molecule has 7 nitrogen and oxygen atoms in total. The van der Waals surface area contributed by atoms with Crippen molar-refractivity contribution in [3.63, 3.8) is 0 Å². The molecule has 0 aliphatic heterocycles. The van der Waals surface area contributed by atoms with E-state index in [2.05, 4.69) is 15.5 Å². The average Bonchev–Trinajstić information content (AvgIpc) is 3.09. The average molecular weight is 265 g/mol. The normalized spacial score (nSPS) is 16.4. The second kappa shape index (κ2) is 4.91. The standard InChI is InChI=1S/C12H19N5O2/c1-5(2)8(11(14)18)15-12(19)10-7(13)9(16-17-10)6-3-4-6/h5-6,8H,3-4,13H2,1-2H3,(H2,14,18)(H,15,19)(H,16,17). The van der Waals surface area contributed by atoms with Gasteiger partial charge in [0.15, 0.2) is 5.69 Å². The second-order valence-corrected chi connectivity index (χ2v) is 5.27. The lowest BCUT2D eigenvalue weighted by Crippen LogP contribution is -2.47. The molecular weight excluding hydrogens is 246 g/mol. The van der Waals surface area contributed by atoms with E-state index in [0.717, 1.165) is 18.5 Å². The van der Waals surface area contributed by atoms with Crippen molar-refractivity contribution in [3.05, 3.63) is 11.4 Å². The molecule has 7 heteroatoms. The fraction of sp³-hybridized carbons (Fsp3) is 0.583. The number of nitrogens with two attached hydrogens (primary N) is 2. The number of H-pyrrole nitrogens is 1. The van der Waals surface area contributed by atoms with Gasteiger partial charge in [0.05, 0.1) is 11.4 Å². The molecule has 2 amide bonds. The van der Waals surface area contributed by atoms with E-state index >= 15 is 0 Å². The summed E-state index contributed by atoms with van der Waals surface area (Å²) in [6.45, 7) is 3.61. The quantitative estimate of drug-likeness (QED) is 0.602. The van der Waals surface area contributed by atoms with Crippen LogP contribution in [0, 0.1) is 5.92 Å². The number of anilines is 1. The third-order valence-corrected chi connectivity index (χ3v) is 3.29. The first-order chi connectivity index (χ1) is 8.91. The maximum atomic E-state index is 12.1. The van der Waals surface area contributed by atoms with Crippen molar-refractivity contribution in [2.45, 2.75) is 38.6 Å². The van der Waals surface area contributed by atoms with Crippen molar-refractivity contribution in [2.75, 3.05) is 5.73 Å². The van der Waals surface area contributed by atoms with Crippen LogP contribution >= 0.6 is 0 Å². The van der Waals surface area contributed by atoms with Gasteiger partial charge in [0.25, 0.3) is 5.91 Å². The molecule has 1 unspecified atom stereocenters. The number of aromatic amines is 1. The predicted molar refractivity (Wildman–Crippen MR) is 70.3 cm³/mol. The molecule has 0 saturated heterocycles. The molecule has 2 rings (SSSR count). The van der Waals surface area contributed by atoms with E-state index in [1.807, 2.05) is 0 Å². The topological polar surface area (TPSA) is 127 Å². The Bertz CT molecular complexity index is 504. The largest absolute Gasteiger partial charge is 0.395 e. The third-order valence-electron chi connectivity index (χ3n) is 3.29. The van der Waals surface area contributed by atoms with Crippen LogP contribution in [0.2, 0.25) is 0 Å². The first-order valence-corrected chi connectivity index (χ1v) is 6.35. The number of primary amides is 1. The number of nitrogens with one attached hydrogen (secondary N) is 2. The number of amides is 2. The zero-order valence-corrected chi connectivity index (χ0v) is 11.1. The Hall–Kier alpha value is -2.05. The molecule has 1 saturated carbocycles. The lowest BCUT2D eigenvalue weighted by molar-refractivity contribution is -0.120. The number of nitrogens with zero attached hydrogens (tertiary/aromatic N) is 1. The third kappa shape index (κ3) is 2.69. The first-order valence-electron chi connectivity index (χ1n) is 6.35. The fourth-order valence-corrected chi connectivity index (χ4v) is 2.00. The highest BCUT2D eigenvalue weighted by atomic mass is 16.2. The van der Waals surface area contributed by atoms with Crippen molar-refractivity contribution in [1.82, 2.24) is 15.5 Å². The summed E-state index contributed by atoms with van der Waals surface area (Å²) in [5, 5.41) is 9.30. The summed E-state index contributed by atoms with van der Waals surface area (Å²) in [5.74, 6) is -0.756. The Balaban J connectivity index is 2.13. The maximum Gasteiger partial charge on any atom is 0.274 e. The van der Waals surface area contributed by atoms with Gasteiger partial charge in [-0.3, -0.25) is 14.7 Å². The van der Waals surface area contributed by atoms with Gasteiger partial charge in [0.2, 0.25) is 5.91 Å². The number of hydrogen-bond acceptors (Lipinski definition) is 4.